The second kappa shape index (κ2) is 8.31. The van der Waals surface area contributed by atoms with E-state index in [9.17, 15) is 30.7 Å². The maximum atomic E-state index is 14.4. The summed E-state index contributed by atoms with van der Waals surface area (Å²) in [5, 5.41) is 0. The van der Waals surface area contributed by atoms with Crippen molar-refractivity contribution in [2.45, 2.75) is 12.4 Å². The lowest BCUT2D eigenvalue weighted by Crippen LogP contribution is -2.05. The molecule has 2 nitrogen and oxygen atoms in total. The van der Waals surface area contributed by atoms with Crippen LogP contribution in [0.4, 0.5) is 30.7 Å². The van der Waals surface area contributed by atoms with Gasteiger partial charge in [-0.05, 0) is 42.5 Å². The Morgan fingerprint density at radius 1 is 0.545 bits per heavy atom. The summed E-state index contributed by atoms with van der Waals surface area (Å²) in [7, 11) is 0. The summed E-state index contributed by atoms with van der Waals surface area (Å²) < 4.78 is 91.8. The fraction of sp³-hybridized carbons (Fsp3) is 0.0833. The minimum absolute atomic E-state index is 0.000578. The van der Waals surface area contributed by atoms with Gasteiger partial charge in [0.2, 0.25) is 0 Å². The molecule has 0 amide bonds. The molecule has 0 fully saturated rings. The minimum Gasteiger partial charge on any atom is -0.228 e. The standard InChI is InChI=1S/C24H13F7N2/c25-19-4-2-1-3-18(19)21-13-20(14-5-9-16(10-6-14)23(26,27)28)32-22(33-21)15-7-11-17(12-8-15)24(29,30)31/h1-13H. The zero-order valence-electron chi connectivity index (χ0n) is 16.5. The van der Waals surface area contributed by atoms with Crippen LogP contribution in [0.2, 0.25) is 0 Å². The van der Waals surface area contributed by atoms with Crippen LogP contribution in [0.3, 0.4) is 0 Å². The van der Waals surface area contributed by atoms with Crippen molar-refractivity contribution in [2.24, 2.45) is 0 Å². The Morgan fingerprint density at radius 2 is 1.03 bits per heavy atom. The normalized spacial score (nSPS) is 12.1. The predicted octanol–water partition coefficient (Wildman–Crippen LogP) is 7.65. The Kier molecular flexibility index (Phi) is 5.65. The first-order chi connectivity index (χ1) is 15.5. The zero-order valence-corrected chi connectivity index (χ0v) is 16.5. The van der Waals surface area contributed by atoms with E-state index in [2.05, 4.69) is 9.97 Å². The summed E-state index contributed by atoms with van der Waals surface area (Å²) in [6, 6.07) is 15.4. The summed E-state index contributed by atoms with van der Waals surface area (Å²) >= 11 is 0. The number of aromatic nitrogens is 2. The monoisotopic (exact) mass is 462 g/mol. The maximum absolute atomic E-state index is 14.4. The van der Waals surface area contributed by atoms with E-state index >= 15 is 0 Å². The fourth-order valence-electron chi connectivity index (χ4n) is 3.17. The van der Waals surface area contributed by atoms with Crippen LogP contribution in [-0.4, -0.2) is 9.97 Å². The van der Waals surface area contributed by atoms with Crippen LogP contribution < -0.4 is 0 Å². The third-order valence-corrected chi connectivity index (χ3v) is 4.85. The van der Waals surface area contributed by atoms with E-state index in [-0.39, 0.29) is 28.3 Å². The molecule has 0 aliphatic heterocycles. The summed E-state index contributed by atoms with van der Waals surface area (Å²) in [5.41, 5.74) is -0.747. The van der Waals surface area contributed by atoms with Crippen molar-refractivity contribution in [1.82, 2.24) is 9.97 Å². The van der Waals surface area contributed by atoms with Gasteiger partial charge in [-0.2, -0.15) is 26.3 Å². The van der Waals surface area contributed by atoms with Crippen molar-refractivity contribution in [3.8, 4) is 33.9 Å². The zero-order chi connectivity index (χ0) is 23.8. The van der Waals surface area contributed by atoms with E-state index in [0.29, 0.717) is 5.56 Å². The Labute approximate surface area is 183 Å². The lowest BCUT2D eigenvalue weighted by atomic mass is 10.0. The van der Waals surface area contributed by atoms with Gasteiger partial charge in [0.15, 0.2) is 5.82 Å². The van der Waals surface area contributed by atoms with E-state index < -0.39 is 29.3 Å². The molecule has 33 heavy (non-hydrogen) atoms. The van der Waals surface area contributed by atoms with Gasteiger partial charge in [0.1, 0.15) is 5.82 Å². The van der Waals surface area contributed by atoms with Crippen LogP contribution in [0.25, 0.3) is 33.9 Å². The molecular formula is C24H13F7N2. The third kappa shape index (κ3) is 4.87. The molecule has 1 aromatic heterocycles. The predicted molar refractivity (Wildman–Crippen MR) is 108 cm³/mol. The number of hydrogen-bond donors (Lipinski definition) is 0. The number of benzene rings is 3. The molecule has 0 saturated heterocycles. The first kappa shape index (κ1) is 22.4. The van der Waals surface area contributed by atoms with E-state index in [1.165, 1.54) is 48.5 Å². The van der Waals surface area contributed by atoms with Crippen molar-refractivity contribution in [1.29, 1.82) is 0 Å². The van der Waals surface area contributed by atoms with E-state index in [1.54, 1.807) is 6.07 Å². The van der Waals surface area contributed by atoms with Crippen LogP contribution in [0.5, 0.6) is 0 Å². The fourth-order valence-corrected chi connectivity index (χ4v) is 3.17. The first-order valence-electron chi connectivity index (χ1n) is 9.51. The Morgan fingerprint density at radius 3 is 1.55 bits per heavy atom. The number of rotatable bonds is 3. The maximum Gasteiger partial charge on any atom is 0.416 e. The van der Waals surface area contributed by atoms with Crippen molar-refractivity contribution in [2.75, 3.05) is 0 Å². The quantitative estimate of drug-likeness (QED) is 0.292. The molecule has 1 heterocycles. The molecule has 4 rings (SSSR count). The van der Waals surface area contributed by atoms with Gasteiger partial charge in [0.05, 0.1) is 22.5 Å². The van der Waals surface area contributed by atoms with Crippen molar-refractivity contribution in [3.05, 3.63) is 95.8 Å². The second-order valence-corrected chi connectivity index (χ2v) is 7.09. The molecular weight excluding hydrogens is 449 g/mol. The van der Waals surface area contributed by atoms with Crippen molar-refractivity contribution in [3.63, 3.8) is 0 Å². The Hall–Kier alpha value is -3.75. The molecule has 0 N–H and O–H groups in total. The highest BCUT2D eigenvalue weighted by atomic mass is 19.4. The number of hydrogen-bond acceptors (Lipinski definition) is 2. The smallest absolute Gasteiger partial charge is 0.228 e. The molecule has 0 radical (unpaired) electrons. The largest absolute Gasteiger partial charge is 0.416 e. The van der Waals surface area contributed by atoms with Gasteiger partial charge in [-0.1, -0.05) is 36.4 Å². The molecule has 0 bridgehead atoms. The number of halogens is 7. The lowest BCUT2D eigenvalue weighted by Gasteiger charge is -2.12. The SMILES string of the molecule is Fc1ccccc1-c1cc(-c2ccc(C(F)(F)F)cc2)nc(-c2ccc(C(F)(F)F)cc2)n1. The summed E-state index contributed by atoms with van der Waals surface area (Å²) in [4.78, 5) is 8.61. The Bertz CT molecular complexity index is 1200. The van der Waals surface area contributed by atoms with Gasteiger partial charge in [0, 0.05) is 16.7 Å². The molecule has 168 valence electrons. The van der Waals surface area contributed by atoms with Crippen LogP contribution in [0, 0.1) is 5.82 Å². The second-order valence-electron chi connectivity index (χ2n) is 7.09. The lowest BCUT2D eigenvalue weighted by molar-refractivity contribution is -0.138. The van der Waals surface area contributed by atoms with Crippen molar-refractivity contribution < 1.29 is 30.7 Å². The summed E-state index contributed by atoms with van der Waals surface area (Å²) in [6.07, 6.45) is -9.05. The van der Waals surface area contributed by atoms with Crippen LogP contribution in [-0.2, 0) is 12.4 Å². The Balaban J connectivity index is 1.85. The van der Waals surface area contributed by atoms with E-state index in [4.69, 9.17) is 0 Å². The number of nitrogens with zero attached hydrogens (tertiary/aromatic N) is 2. The molecule has 3 aromatic carbocycles. The molecule has 0 unspecified atom stereocenters. The number of alkyl halides is 6. The molecule has 4 aromatic rings. The molecule has 0 atom stereocenters. The van der Waals surface area contributed by atoms with E-state index in [0.717, 1.165) is 24.3 Å². The minimum atomic E-state index is -4.53. The molecule has 0 aliphatic rings. The molecule has 0 spiro atoms. The highest BCUT2D eigenvalue weighted by Crippen LogP contribution is 2.34. The van der Waals surface area contributed by atoms with Gasteiger partial charge < -0.3 is 0 Å². The third-order valence-electron chi connectivity index (χ3n) is 4.85. The van der Waals surface area contributed by atoms with Crippen LogP contribution in [0.15, 0.2) is 78.9 Å². The summed E-state index contributed by atoms with van der Waals surface area (Å²) in [5.74, 6) is -0.590. The van der Waals surface area contributed by atoms with Crippen LogP contribution in [0.1, 0.15) is 11.1 Å². The van der Waals surface area contributed by atoms with Gasteiger partial charge in [-0.25, -0.2) is 14.4 Å². The highest BCUT2D eigenvalue weighted by Gasteiger charge is 2.31. The topological polar surface area (TPSA) is 25.8 Å². The molecule has 9 heteroatoms. The average Bonchev–Trinajstić information content (AvgIpc) is 2.78. The van der Waals surface area contributed by atoms with E-state index in [1.807, 2.05) is 0 Å². The molecule has 0 aliphatic carbocycles. The average molecular weight is 462 g/mol. The van der Waals surface area contributed by atoms with Crippen LogP contribution >= 0.6 is 0 Å². The van der Waals surface area contributed by atoms with Gasteiger partial charge >= 0.3 is 12.4 Å². The van der Waals surface area contributed by atoms with Gasteiger partial charge in [-0.3, -0.25) is 0 Å². The first-order valence-corrected chi connectivity index (χ1v) is 9.51. The summed E-state index contributed by atoms with van der Waals surface area (Å²) in [6.45, 7) is 0. The van der Waals surface area contributed by atoms with Gasteiger partial charge in [-0.15, -0.1) is 0 Å². The molecule has 0 saturated carbocycles. The highest BCUT2D eigenvalue weighted by molar-refractivity contribution is 5.72. The van der Waals surface area contributed by atoms with Crippen molar-refractivity contribution >= 4 is 0 Å². The van der Waals surface area contributed by atoms with Gasteiger partial charge in [0.25, 0.3) is 0 Å².